The van der Waals surface area contributed by atoms with Gasteiger partial charge in [0.25, 0.3) is 11.2 Å². The average Bonchev–Trinajstić information content (AvgIpc) is 2.78. The lowest BCUT2D eigenvalue weighted by Crippen LogP contribution is -2.25. The highest BCUT2D eigenvalue weighted by atomic mass is 35.5. The number of hydrogen-bond acceptors (Lipinski definition) is 7. The van der Waals surface area contributed by atoms with E-state index in [2.05, 4.69) is 10.3 Å². The number of fused-ring (bicyclic) bond motifs is 1. The number of aryl methyl sites for hydroxylation is 2. The van der Waals surface area contributed by atoms with Crippen molar-refractivity contribution in [2.45, 2.75) is 51.9 Å². The number of amides is 1. The van der Waals surface area contributed by atoms with Crippen LogP contribution in [0.15, 0.2) is 40.3 Å². The Morgan fingerprint density at radius 1 is 1.26 bits per heavy atom. The molecular formula is C24H27ClN4O5S. The van der Waals surface area contributed by atoms with Crippen LogP contribution in [0.4, 0.5) is 11.4 Å². The summed E-state index contributed by atoms with van der Waals surface area (Å²) in [6, 6.07) is 7.89. The van der Waals surface area contributed by atoms with E-state index in [-0.39, 0.29) is 28.8 Å². The fraction of sp³-hybridized carbons (Fsp3) is 0.375. The molecule has 11 heteroatoms. The van der Waals surface area contributed by atoms with Gasteiger partial charge in [-0.25, -0.2) is 4.98 Å². The van der Waals surface area contributed by atoms with E-state index >= 15 is 0 Å². The van der Waals surface area contributed by atoms with Crippen LogP contribution in [0, 0.1) is 24.0 Å². The van der Waals surface area contributed by atoms with E-state index in [9.17, 15) is 19.7 Å². The van der Waals surface area contributed by atoms with Crippen LogP contribution in [0.3, 0.4) is 0 Å². The first-order chi connectivity index (χ1) is 16.6. The Labute approximate surface area is 212 Å². The van der Waals surface area contributed by atoms with Gasteiger partial charge in [0.05, 0.1) is 27.7 Å². The third kappa shape index (κ3) is 6.81. The highest BCUT2D eigenvalue weighted by Crippen LogP contribution is 2.28. The summed E-state index contributed by atoms with van der Waals surface area (Å²) < 4.78 is 7.10. The zero-order valence-corrected chi connectivity index (χ0v) is 21.5. The van der Waals surface area contributed by atoms with Gasteiger partial charge in [0.2, 0.25) is 5.91 Å². The number of thioether (sulfide) groups is 1. The summed E-state index contributed by atoms with van der Waals surface area (Å²) in [7, 11) is 0. The molecule has 0 saturated heterocycles. The van der Waals surface area contributed by atoms with E-state index in [0.717, 1.165) is 22.9 Å². The Hall–Kier alpha value is -2.95. The third-order valence-electron chi connectivity index (χ3n) is 5.27. The third-order valence-corrected chi connectivity index (χ3v) is 6.49. The van der Waals surface area contributed by atoms with Crippen LogP contribution in [0.2, 0.25) is 5.02 Å². The molecule has 9 nitrogen and oxygen atoms in total. The van der Waals surface area contributed by atoms with Crippen molar-refractivity contribution in [1.29, 1.82) is 0 Å². The molecule has 3 rings (SSSR count). The van der Waals surface area contributed by atoms with Gasteiger partial charge in [-0.1, -0.05) is 23.4 Å². The van der Waals surface area contributed by atoms with Crippen LogP contribution in [0.25, 0.3) is 10.9 Å². The number of rotatable bonds is 10. The number of nitrogens with one attached hydrogen (secondary N) is 1. The zero-order valence-electron chi connectivity index (χ0n) is 20.0. The zero-order chi connectivity index (χ0) is 25.7. The number of nitro groups is 1. The minimum atomic E-state index is -0.527. The van der Waals surface area contributed by atoms with Gasteiger partial charge < -0.3 is 10.1 Å². The number of halogens is 1. The predicted molar refractivity (Wildman–Crippen MR) is 139 cm³/mol. The number of hydrogen-bond donors (Lipinski definition) is 1. The molecular weight excluding hydrogens is 492 g/mol. The Kier molecular flexibility index (Phi) is 8.87. The van der Waals surface area contributed by atoms with Crippen molar-refractivity contribution in [3.05, 3.63) is 66.9 Å². The smallest absolute Gasteiger partial charge is 0.293 e. The molecule has 1 amide bonds. The van der Waals surface area contributed by atoms with Crippen molar-refractivity contribution in [2.24, 2.45) is 0 Å². The fourth-order valence-corrected chi connectivity index (χ4v) is 4.38. The summed E-state index contributed by atoms with van der Waals surface area (Å²) in [5.41, 5.74) is 1.74. The van der Waals surface area contributed by atoms with Crippen molar-refractivity contribution < 1.29 is 14.5 Å². The van der Waals surface area contributed by atoms with Crippen LogP contribution in [-0.4, -0.2) is 38.8 Å². The van der Waals surface area contributed by atoms with E-state index < -0.39 is 10.8 Å². The van der Waals surface area contributed by atoms with Gasteiger partial charge in [-0.05, 0) is 69.5 Å². The molecule has 0 radical (unpaired) electrons. The molecule has 2 aromatic carbocycles. The van der Waals surface area contributed by atoms with Crippen molar-refractivity contribution in [1.82, 2.24) is 9.55 Å². The van der Waals surface area contributed by atoms with Crippen LogP contribution < -0.4 is 10.9 Å². The van der Waals surface area contributed by atoms with Gasteiger partial charge in [-0.3, -0.25) is 24.3 Å². The Morgan fingerprint density at radius 2 is 1.97 bits per heavy atom. The van der Waals surface area contributed by atoms with Crippen LogP contribution in [-0.2, 0) is 16.1 Å². The lowest BCUT2D eigenvalue weighted by molar-refractivity contribution is -0.384. The molecule has 1 aromatic heterocycles. The maximum atomic E-state index is 13.2. The van der Waals surface area contributed by atoms with Crippen LogP contribution in [0.5, 0.6) is 0 Å². The minimum absolute atomic E-state index is 0.0793. The van der Waals surface area contributed by atoms with Crippen LogP contribution in [0.1, 0.15) is 31.4 Å². The molecule has 1 heterocycles. The second-order valence-corrected chi connectivity index (χ2v) is 9.71. The molecule has 0 atom stereocenters. The van der Waals surface area contributed by atoms with E-state index in [1.165, 1.54) is 10.6 Å². The van der Waals surface area contributed by atoms with E-state index in [0.29, 0.717) is 40.7 Å². The quantitative estimate of drug-likeness (QED) is 0.130. The van der Waals surface area contributed by atoms with Gasteiger partial charge in [0, 0.05) is 24.2 Å². The molecule has 0 aliphatic rings. The number of nitrogens with zero attached hydrogens (tertiary/aromatic N) is 3. The van der Waals surface area contributed by atoms with Crippen molar-refractivity contribution in [3.8, 4) is 0 Å². The molecule has 0 aliphatic carbocycles. The summed E-state index contributed by atoms with van der Waals surface area (Å²) in [6.07, 6.45) is 0.670. The maximum Gasteiger partial charge on any atom is 0.293 e. The monoisotopic (exact) mass is 518 g/mol. The number of carbonyl (C=O) groups excluding carboxylic acids is 1. The molecule has 0 spiro atoms. The number of aromatic nitrogens is 2. The van der Waals surface area contributed by atoms with Crippen molar-refractivity contribution in [2.75, 3.05) is 17.7 Å². The molecule has 0 bridgehead atoms. The molecule has 0 aliphatic heterocycles. The molecule has 0 fully saturated rings. The summed E-state index contributed by atoms with van der Waals surface area (Å²) in [6.45, 7) is 8.30. The first-order valence-electron chi connectivity index (χ1n) is 11.1. The second-order valence-electron chi connectivity index (χ2n) is 8.33. The first-order valence-corrected chi connectivity index (χ1v) is 12.4. The van der Waals surface area contributed by atoms with E-state index in [1.54, 1.807) is 31.2 Å². The fourth-order valence-electron chi connectivity index (χ4n) is 3.39. The molecule has 1 N–H and O–H groups in total. The lowest BCUT2D eigenvalue weighted by Gasteiger charge is -2.14. The number of benzene rings is 2. The normalized spacial score (nSPS) is 11.3. The molecule has 0 unspecified atom stereocenters. The highest BCUT2D eigenvalue weighted by Gasteiger charge is 2.19. The topological polar surface area (TPSA) is 116 Å². The summed E-state index contributed by atoms with van der Waals surface area (Å²) in [4.78, 5) is 41.3. The van der Waals surface area contributed by atoms with Crippen LogP contribution >= 0.6 is 23.4 Å². The van der Waals surface area contributed by atoms with Gasteiger partial charge in [-0.2, -0.15) is 0 Å². The Morgan fingerprint density at radius 3 is 2.66 bits per heavy atom. The van der Waals surface area contributed by atoms with E-state index in [1.807, 2.05) is 20.8 Å². The number of carbonyl (C=O) groups is 1. The van der Waals surface area contributed by atoms with Gasteiger partial charge in [0.1, 0.15) is 5.69 Å². The number of ether oxygens (including phenoxy) is 1. The summed E-state index contributed by atoms with van der Waals surface area (Å²) >= 11 is 7.17. The number of anilines is 1. The molecule has 186 valence electrons. The number of nitro benzene ring substituents is 1. The molecule has 3 aromatic rings. The first kappa shape index (κ1) is 26.7. The predicted octanol–water partition coefficient (Wildman–Crippen LogP) is 5.12. The molecule has 0 saturated carbocycles. The Balaban J connectivity index is 1.84. The minimum Gasteiger partial charge on any atom is -0.379 e. The highest BCUT2D eigenvalue weighted by molar-refractivity contribution is 7.99. The Bertz CT molecular complexity index is 1330. The van der Waals surface area contributed by atoms with Crippen molar-refractivity contribution in [3.63, 3.8) is 0 Å². The summed E-state index contributed by atoms with van der Waals surface area (Å²) in [5, 5.41) is 15.3. The van der Waals surface area contributed by atoms with Gasteiger partial charge in [-0.15, -0.1) is 0 Å². The van der Waals surface area contributed by atoms with Gasteiger partial charge in [0.15, 0.2) is 5.16 Å². The lowest BCUT2D eigenvalue weighted by atomic mass is 10.1. The molecule has 35 heavy (non-hydrogen) atoms. The van der Waals surface area contributed by atoms with E-state index in [4.69, 9.17) is 16.3 Å². The maximum absolute atomic E-state index is 13.2. The second kappa shape index (κ2) is 11.7. The largest absolute Gasteiger partial charge is 0.379 e. The van der Waals surface area contributed by atoms with Gasteiger partial charge >= 0.3 is 0 Å². The van der Waals surface area contributed by atoms with Crippen molar-refractivity contribution >= 4 is 51.5 Å². The SMILES string of the molecule is Cc1cc(NC(=O)CSc2nc3cc(Cl)ccc3c(=O)n2CCCOC(C)C)c([N+](=O)[O-])cc1C. The summed E-state index contributed by atoms with van der Waals surface area (Å²) in [5.74, 6) is -0.540. The standard InChI is InChI=1S/C24H27ClN4O5S/c1-14(2)34-9-5-8-28-23(31)18-7-6-17(25)12-19(18)27-24(28)35-13-22(30)26-20-10-15(3)16(4)11-21(20)29(32)33/h6-7,10-12,14H,5,8-9,13H2,1-4H3,(H,26,30). The average molecular weight is 519 g/mol.